The molecule has 144 valence electrons. The largest absolute Gasteiger partial charge is 0.490 e. The summed E-state index contributed by atoms with van der Waals surface area (Å²) in [4.78, 5) is 16.9. The Hall–Kier alpha value is -2.54. The Labute approximate surface area is 159 Å². The summed E-state index contributed by atoms with van der Waals surface area (Å²) in [7, 11) is 0. The maximum absolute atomic E-state index is 12.6. The number of piperazine rings is 1. The van der Waals surface area contributed by atoms with Crippen LogP contribution in [0.2, 0.25) is 0 Å². The van der Waals surface area contributed by atoms with Gasteiger partial charge in [0.25, 0.3) is 5.91 Å². The Morgan fingerprint density at radius 1 is 1.30 bits per heavy atom. The van der Waals surface area contributed by atoms with E-state index in [0.29, 0.717) is 32.0 Å². The number of nitrogens with zero attached hydrogens (tertiary/aromatic N) is 3. The number of rotatable bonds is 3. The molecule has 27 heavy (non-hydrogen) atoms. The smallest absolute Gasteiger partial charge is 0.274 e. The van der Waals surface area contributed by atoms with Gasteiger partial charge < -0.3 is 14.4 Å². The SMILES string of the molecule is Cc1cc(C(=O)N2CCN(Cc3cccc4c3OCCCO4)[C@H](C)C2)n[nH]1. The molecule has 1 aromatic carbocycles. The predicted octanol–water partition coefficient (Wildman–Crippen LogP) is 2.23. The van der Waals surface area contributed by atoms with Gasteiger partial charge in [-0.1, -0.05) is 12.1 Å². The predicted molar refractivity (Wildman–Crippen MR) is 101 cm³/mol. The molecule has 1 fully saturated rings. The first-order valence-corrected chi connectivity index (χ1v) is 9.54. The normalized spacial score (nSPS) is 20.4. The summed E-state index contributed by atoms with van der Waals surface area (Å²) in [6.07, 6.45) is 0.901. The zero-order valence-electron chi connectivity index (χ0n) is 15.9. The van der Waals surface area contributed by atoms with Crippen molar-refractivity contribution in [3.8, 4) is 11.5 Å². The first-order valence-electron chi connectivity index (χ1n) is 9.54. The van der Waals surface area contributed by atoms with Crippen molar-refractivity contribution in [2.45, 2.75) is 32.9 Å². The zero-order chi connectivity index (χ0) is 18.8. The van der Waals surface area contributed by atoms with Crippen molar-refractivity contribution in [1.82, 2.24) is 20.0 Å². The number of aryl methyl sites for hydroxylation is 1. The highest BCUT2D eigenvalue weighted by Gasteiger charge is 2.29. The number of H-pyrrole nitrogens is 1. The van der Waals surface area contributed by atoms with Gasteiger partial charge in [0.2, 0.25) is 0 Å². The van der Waals surface area contributed by atoms with Gasteiger partial charge in [-0.2, -0.15) is 5.10 Å². The van der Waals surface area contributed by atoms with Crippen LogP contribution in [0.3, 0.4) is 0 Å². The van der Waals surface area contributed by atoms with Gasteiger partial charge in [-0.25, -0.2) is 0 Å². The lowest BCUT2D eigenvalue weighted by Crippen LogP contribution is -2.53. The van der Waals surface area contributed by atoms with Gasteiger partial charge in [-0.05, 0) is 26.0 Å². The second-order valence-corrected chi connectivity index (χ2v) is 7.30. The monoisotopic (exact) mass is 370 g/mol. The Bertz CT molecular complexity index is 819. The molecule has 1 saturated heterocycles. The van der Waals surface area contributed by atoms with Crippen molar-refractivity contribution in [3.05, 3.63) is 41.2 Å². The molecular weight excluding hydrogens is 344 g/mol. The van der Waals surface area contributed by atoms with E-state index in [2.05, 4.69) is 28.1 Å². The number of aromatic amines is 1. The number of carbonyl (C=O) groups excluding carboxylic acids is 1. The van der Waals surface area contributed by atoms with Crippen LogP contribution < -0.4 is 9.47 Å². The van der Waals surface area contributed by atoms with Crippen LogP contribution in [0, 0.1) is 6.92 Å². The van der Waals surface area contributed by atoms with E-state index in [1.807, 2.05) is 24.0 Å². The van der Waals surface area contributed by atoms with Crippen molar-refractivity contribution >= 4 is 5.91 Å². The lowest BCUT2D eigenvalue weighted by atomic mass is 10.1. The lowest BCUT2D eigenvalue weighted by molar-refractivity contribution is 0.0487. The van der Waals surface area contributed by atoms with Crippen LogP contribution in [-0.2, 0) is 6.54 Å². The molecule has 1 atom stereocenters. The maximum Gasteiger partial charge on any atom is 0.274 e. The first kappa shape index (κ1) is 17.9. The molecule has 1 aromatic heterocycles. The minimum absolute atomic E-state index is 0.00355. The summed E-state index contributed by atoms with van der Waals surface area (Å²) in [6.45, 7) is 8.44. The van der Waals surface area contributed by atoms with Gasteiger partial charge >= 0.3 is 0 Å². The van der Waals surface area contributed by atoms with E-state index in [1.54, 1.807) is 6.07 Å². The molecular formula is C20H26N4O3. The molecule has 0 aliphatic carbocycles. The number of benzene rings is 1. The van der Waals surface area contributed by atoms with E-state index in [-0.39, 0.29) is 11.9 Å². The Kier molecular flexibility index (Phi) is 5.03. The van der Waals surface area contributed by atoms with E-state index in [9.17, 15) is 4.79 Å². The third kappa shape index (κ3) is 3.78. The number of fused-ring (bicyclic) bond motifs is 1. The molecule has 4 rings (SSSR count). The van der Waals surface area contributed by atoms with Crippen LogP contribution >= 0.6 is 0 Å². The number of hydrogen-bond donors (Lipinski definition) is 1. The first-order chi connectivity index (χ1) is 13.1. The van der Waals surface area contributed by atoms with Crippen molar-refractivity contribution in [2.75, 3.05) is 32.8 Å². The second kappa shape index (κ2) is 7.60. The fourth-order valence-electron chi connectivity index (χ4n) is 3.70. The average Bonchev–Trinajstić information content (AvgIpc) is 2.95. The topological polar surface area (TPSA) is 70.7 Å². The Morgan fingerprint density at radius 3 is 2.93 bits per heavy atom. The zero-order valence-corrected chi connectivity index (χ0v) is 15.9. The highest BCUT2D eigenvalue weighted by atomic mass is 16.5. The van der Waals surface area contributed by atoms with Gasteiger partial charge in [0.05, 0.1) is 13.2 Å². The van der Waals surface area contributed by atoms with Gasteiger partial charge in [-0.15, -0.1) is 0 Å². The maximum atomic E-state index is 12.6. The third-order valence-corrected chi connectivity index (χ3v) is 5.20. The molecule has 0 bridgehead atoms. The van der Waals surface area contributed by atoms with E-state index in [4.69, 9.17) is 9.47 Å². The minimum Gasteiger partial charge on any atom is -0.490 e. The summed E-state index contributed by atoms with van der Waals surface area (Å²) in [5, 5.41) is 6.94. The summed E-state index contributed by atoms with van der Waals surface area (Å²) in [6, 6.07) is 8.15. The molecule has 2 aliphatic heterocycles. The van der Waals surface area contributed by atoms with E-state index in [0.717, 1.165) is 42.3 Å². The molecule has 0 unspecified atom stereocenters. The third-order valence-electron chi connectivity index (χ3n) is 5.20. The van der Waals surface area contributed by atoms with Crippen molar-refractivity contribution in [1.29, 1.82) is 0 Å². The molecule has 0 saturated carbocycles. The number of para-hydroxylation sites is 1. The number of nitrogens with one attached hydrogen (secondary N) is 1. The molecule has 1 amide bonds. The van der Waals surface area contributed by atoms with Crippen LogP contribution in [0.25, 0.3) is 0 Å². The van der Waals surface area contributed by atoms with Crippen LogP contribution in [-0.4, -0.2) is 64.8 Å². The van der Waals surface area contributed by atoms with Gasteiger partial charge in [0.15, 0.2) is 11.5 Å². The van der Waals surface area contributed by atoms with Gasteiger partial charge in [-0.3, -0.25) is 14.8 Å². The quantitative estimate of drug-likeness (QED) is 0.897. The molecule has 7 heteroatoms. The number of hydrogen-bond acceptors (Lipinski definition) is 5. The van der Waals surface area contributed by atoms with Crippen LogP contribution in [0.15, 0.2) is 24.3 Å². The molecule has 7 nitrogen and oxygen atoms in total. The average molecular weight is 370 g/mol. The van der Waals surface area contributed by atoms with E-state index in [1.165, 1.54) is 0 Å². The molecule has 2 aromatic rings. The fraction of sp³-hybridized carbons (Fsp3) is 0.500. The summed E-state index contributed by atoms with van der Waals surface area (Å²) < 4.78 is 11.7. The van der Waals surface area contributed by atoms with Gasteiger partial charge in [0.1, 0.15) is 5.69 Å². The lowest BCUT2D eigenvalue weighted by Gasteiger charge is -2.39. The highest BCUT2D eigenvalue weighted by Crippen LogP contribution is 2.34. The standard InChI is InChI=1S/C20H26N4O3/c1-14-11-17(22-21-14)20(25)24-8-7-23(15(2)12-24)13-16-5-3-6-18-19(16)27-10-4-9-26-18/h3,5-6,11,15H,4,7-10,12-13H2,1-2H3,(H,21,22)/t15-/m1/s1. The second-order valence-electron chi connectivity index (χ2n) is 7.30. The van der Waals surface area contributed by atoms with E-state index < -0.39 is 0 Å². The summed E-state index contributed by atoms with van der Waals surface area (Å²) >= 11 is 0. The van der Waals surface area contributed by atoms with Gasteiger partial charge in [0, 0.05) is 49.9 Å². The Morgan fingerprint density at radius 2 is 2.15 bits per heavy atom. The number of ether oxygens (including phenoxy) is 2. The summed E-state index contributed by atoms with van der Waals surface area (Å²) in [5.74, 6) is 1.70. The van der Waals surface area contributed by atoms with E-state index >= 15 is 0 Å². The van der Waals surface area contributed by atoms with Crippen LogP contribution in [0.1, 0.15) is 35.1 Å². The summed E-state index contributed by atoms with van der Waals surface area (Å²) in [5.41, 5.74) is 2.54. The molecule has 2 aliphatic rings. The minimum atomic E-state index is -0.00355. The van der Waals surface area contributed by atoms with Crippen molar-refractivity contribution in [3.63, 3.8) is 0 Å². The van der Waals surface area contributed by atoms with Crippen molar-refractivity contribution < 1.29 is 14.3 Å². The Balaban J connectivity index is 1.43. The molecule has 3 heterocycles. The number of aromatic nitrogens is 2. The molecule has 0 spiro atoms. The highest BCUT2D eigenvalue weighted by molar-refractivity contribution is 5.92. The van der Waals surface area contributed by atoms with Crippen molar-refractivity contribution in [2.24, 2.45) is 0 Å². The van der Waals surface area contributed by atoms with Crippen LogP contribution in [0.5, 0.6) is 11.5 Å². The molecule has 1 N–H and O–H groups in total. The number of carbonyl (C=O) groups is 1. The number of amides is 1. The molecule has 0 radical (unpaired) electrons. The fourth-order valence-corrected chi connectivity index (χ4v) is 3.70. The van der Waals surface area contributed by atoms with Crippen LogP contribution in [0.4, 0.5) is 0 Å².